The molecule has 4 heteroatoms. The first-order valence-corrected chi connectivity index (χ1v) is 6.65. The molecule has 0 radical (unpaired) electrons. The van der Waals surface area contributed by atoms with Gasteiger partial charge in [0.1, 0.15) is 0 Å². The molecule has 0 spiro atoms. The summed E-state index contributed by atoms with van der Waals surface area (Å²) in [5.74, 6) is 4.96. The van der Waals surface area contributed by atoms with E-state index in [0.717, 1.165) is 10.0 Å². The molecular weight excluding hydrogens is 326 g/mol. The molecule has 0 saturated carbocycles. The minimum atomic E-state index is -0.363. The zero-order valence-corrected chi connectivity index (χ0v) is 12.1. The van der Waals surface area contributed by atoms with E-state index in [9.17, 15) is 4.79 Å². The molecule has 0 saturated heterocycles. The molecule has 2 nitrogen and oxygen atoms in total. The second kappa shape index (κ2) is 6.42. The van der Waals surface area contributed by atoms with E-state index in [1.54, 1.807) is 18.2 Å². The van der Waals surface area contributed by atoms with Crippen molar-refractivity contribution in [1.82, 2.24) is 0 Å². The molecule has 2 rings (SSSR count). The number of nitrogens with one attached hydrogen (secondary N) is 1. The first-order chi connectivity index (χ1) is 9.15. The summed E-state index contributed by atoms with van der Waals surface area (Å²) in [7, 11) is 0. The number of rotatable bonds is 1. The molecule has 19 heavy (non-hydrogen) atoms. The zero-order valence-electron chi connectivity index (χ0n) is 9.78. The van der Waals surface area contributed by atoms with Gasteiger partial charge in [0.05, 0.1) is 5.02 Å². The van der Waals surface area contributed by atoms with Crippen LogP contribution >= 0.6 is 27.5 Å². The molecular formula is C15H9BrClNO. The van der Waals surface area contributed by atoms with Crippen molar-refractivity contribution in [2.75, 3.05) is 5.32 Å². The van der Waals surface area contributed by atoms with Crippen LogP contribution in [0.25, 0.3) is 0 Å². The highest BCUT2D eigenvalue weighted by Crippen LogP contribution is 2.25. The lowest BCUT2D eigenvalue weighted by molar-refractivity contribution is -0.111. The third-order valence-corrected chi connectivity index (χ3v) is 3.49. The van der Waals surface area contributed by atoms with E-state index in [1.165, 1.54) is 0 Å². The van der Waals surface area contributed by atoms with E-state index < -0.39 is 0 Å². The molecule has 0 atom stereocenters. The normalized spacial score (nSPS) is 9.37. The van der Waals surface area contributed by atoms with Crippen LogP contribution in [0.3, 0.4) is 0 Å². The van der Waals surface area contributed by atoms with Gasteiger partial charge in [-0.2, -0.15) is 0 Å². The van der Waals surface area contributed by atoms with Crippen LogP contribution in [0.15, 0.2) is 53.0 Å². The van der Waals surface area contributed by atoms with Crippen LogP contribution < -0.4 is 5.32 Å². The van der Waals surface area contributed by atoms with Crippen LogP contribution in [0.2, 0.25) is 5.02 Å². The Bertz CT molecular complexity index is 659. The summed E-state index contributed by atoms with van der Waals surface area (Å²) in [5.41, 5.74) is 1.44. The van der Waals surface area contributed by atoms with Crippen molar-refractivity contribution in [1.29, 1.82) is 0 Å². The van der Waals surface area contributed by atoms with Gasteiger partial charge >= 0.3 is 5.91 Å². The van der Waals surface area contributed by atoms with E-state index in [2.05, 4.69) is 33.1 Å². The van der Waals surface area contributed by atoms with E-state index in [4.69, 9.17) is 11.6 Å². The lowest BCUT2D eigenvalue weighted by Crippen LogP contribution is -2.08. The number of benzene rings is 2. The third-order valence-electron chi connectivity index (χ3n) is 2.27. The predicted molar refractivity (Wildman–Crippen MR) is 81.1 cm³/mol. The van der Waals surface area contributed by atoms with Gasteiger partial charge in [0.2, 0.25) is 0 Å². The van der Waals surface area contributed by atoms with Crippen molar-refractivity contribution >= 4 is 39.1 Å². The van der Waals surface area contributed by atoms with E-state index >= 15 is 0 Å². The van der Waals surface area contributed by atoms with Crippen molar-refractivity contribution in [2.45, 2.75) is 0 Å². The van der Waals surface area contributed by atoms with Crippen molar-refractivity contribution in [3.05, 3.63) is 63.6 Å². The minimum absolute atomic E-state index is 0.363. The molecule has 2 aromatic carbocycles. The summed E-state index contributed by atoms with van der Waals surface area (Å²) in [6.45, 7) is 0. The average Bonchev–Trinajstić information content (AvgIpc) is 2.42. The van der Waals surface area contributed by atoms with Crippen molar-refractivity contribution in [3.63, 3.8) is 0 Å². The lowest BCUT2D eigenvalue weighted by Gasteiger charge is -2.02. The van der Waals surface area contributed by atoms with Crippen LogP contribution in [0.5, 0.6) is 0 Å². The monoisotopic (exact) mass is 333 g/mol. The summed E-state index contributed by atoms with van der Waals surface area (Å²) < 4.78 is 0.725. The Morgan fingerprint density at radius 1 is 1.16 bits per heavy atom. The molecule has 1 amide bonds. The summed E-state index contributed by atoms with van der Waals surface area (Å²) in [5, 5.41) is 3.27. The van der Waals surface area contributed by atoms with Crippen LogP contribution in [0.4, 0.5) is 5.69 Å². The second-order valence-corrected chi connectivity index (χ2v) is 4.96. The molecule has 94 valence electrons. The van der Waals surface area contributed by atoms with Gasteiger partial charge in [-0.3, -0.25) is 4.79 Å². The smallest absolute Gasteiger partial charge is 0.300 e. The van der Waals surface area contributed by atoms with E-state index in [0.29, 0.717) is 10.7 Å². The van der Waals surface area contributed by atoms with Crippen LogP contribution in [0.1, 0.15) is 5.56 Å². The fraction of sp³-hybridized carbons (Fsp3) is 0. The number of halogens is 2. The Kier molecular flexibility index (Phi) is 4.62. The quantitative estimate of drug-likeness (QED) is 0.782. The summed E-state index contributed by atoms with van der Waals surface area (Å²) in [4.78, 5) is 11.6. The molecule has 0 aliphatic rings. The van der Waals surface area contributed by atoms with Gasteiger partial charge in [-0.25, -0.2) is 0 Å². The van der Waals surface area contributed by atoms with Crippen molar-refractivity contribution in [2.24, 2.45) is 0 Å². The lowest BCUT2D eigenvalue weighted by atomic mass is 10.2. The Morgan fingerprint density at radius 2 is 1.89 bits per heavy atom. The van der Waals surface area contributed by atoms with Gasteiger partial charge < -0.3 is 5.32 Å². The first kappa shape index (κ1) is 13.7. The zero-order chi connectivity index (χ0) is 13.7. The Morgan fingerprint density at radius 3 is 2.58 bits per heavy atom. The number of carbonyl (C=O) groups excluding carboxylic acids is 1. The Balaban J connectivity index is 2.06. The maximum atomic E-state index is 11.6. The van der Waals surface area contributed by atoms with Crippen LogP contribution in [0, 0.1) is 11.8 Å². The molecule has 0 bridgehead atoms. The predicted octanol–water partition coefficient (Wildman–Crippen LogP) is 4.09. The minimum Gasteiger partial charge on any atom is -0.315 e. The SMILES string of the molecule is O=C(C#Cc1ccccc1)Nc1ccc(Cl)c(Br)c1. The maximum absolute atomic E-state index is 11.6. The highest BCUT2D eigenvalue weighted by molar-refractivity contribution is 9.10. The topological polar surface area (TPSA) is 29.1 Å². The fourth-order valence-corrected chi connectivity index (χ4v) is 1.88. The number of carbonyl (C=O) groups is 1. The molecule has 0 heterocycles. The van der Waals surface area contributed by atoms with Crippen LogP contribution in [-0.4, -0.2) is 5.91 Å². The molecule has 1 N–H and O–H groups in total. The van der Waals surface area contributed by atoms with Gasteiger partial charge in [-0.05, 0) is 46.3 Å². The Labute approximate surface area is 124 Å². The van der Waals surface area contributed by atoms with Crippen LogP contribution in [-0.2, 0) is 4.79 Å². The maximum Gasteiger partial charge on any atom is 0.300 e. The van der Waals surface area contributed by atoms with E-state index in [-0.39, 0.29) is 5.91 Å². The number of anilines is 1. The van der Waals surface area contributed by atoms with Gasteiger partial charge in [0, 0.05) is 21.6 Å². The Hall–Kier alpha value is -1.76. The second-order valence-electron chi connectivity index (χ2n) is 3.70. The third kappa shape index (κ3) is 4.13. The van der Waals surface area contributed by atoms with E-state index in [1.807, 2.05) is 30.3 Å². The van der Waals surface area contributed by atoms with Crippen molar-refractivity contribution in [3.8, 4) is 11.8 Å². The van der Waals surface area contributed by atoms with Crippen molar-refractivity contribution < 1.29 is 4.79 Å². The standard InChI is InChI=1S/C15H9BrClNO/c16-13-10-12(7-8-14(13)17)18-15(19)9-6-11-4-2-1-3-5-11/h1-5,7-8,10H,(H,18,19). The summed E-state index contributed by atoms with van der Waals surface area (Å²) in [6, 6.07) is 14.5. The average molecular weight is 335 g/mol. The number of hydrogen-bond acceptors (Lipinski definition) is 1. The summed E-state index contributed by atoms with van der Waals surface area (Å²) in [6.07, 6.45) is 0. The molecule has 2 aromatic rings. The van der Waals surface area contributed by atoms with Gasteiger partial charge in [-0.1, -0.05) is 35.7 Å². The van der Waals surface area contributed by atoms with Gasteiger partial charge in [-0.15, -0.1) is 0 Å². The first-order valence-electron chi connectivity index (χ1n) is 5.48. The molecule has 0 fully saturated rings. The number of hydrogen-bond donors (Lipinski definition) is 1. The molecule has 0 aliphatic heterocycles. The molecule has 0 aliphatic carbocycles. The van der Waals surface area contributed by atoms with Gasteiger partial charge in [0.15, 0.2) is 0 Å². The van der Waals surface area contributed by atoms with Gasteiger partial charge in [0.25, 0.3) is 0 Å². The largest absolute Gasteiger partial charge is 0.315 e. The molecule has 0 unspecified atom stereocenters. The fourth-order valence-electron chi connectivity index (χ4n) is 1.39. The highest BCUT2D eigenvalue weighted by atomic mass is 79.9. The number of amides is 1. The molecule has 0 aromatic heterocycles. The highest BCUT2D eigenvalue weighted by Gasteiger charge is 2.01. The summed E-state index contributed by atoms with van der Waals surface area (Å²) >= 11 is 9.16.